The Kier molecular flexibility index (Phi) is 2.84. The Hall–Kier alpha value is 0.325. The van der Waals surface area contributed by atoms with E-state index in [-0.39, 0.29) is 0 Å². The Balaban J connectivity index is 4.40. The van der Waals surface area contributed by atoms with Gasteiger partial charge < -0.3 is 0 Å². The molecule has 0 heterocycles. The first-order valence-corrected chi connectivity index (χ1v) is 4.19. The molecule has 0 atom stereocenters. The fourth-order valence-corrected chi connectivity index (χ4v) is 0.866. The summed E-state index contributed by atoms with van der Waals surface area (Å²) in [7, 11) is 11.6. The molecule has 0 saturated heterocycles. The highest BCUT2D eigenvalue weighted by molar-refractivity contribution is 6.67. The predicted octanol–water partition coefficient (Wildman–Crippen LogP) is -3.00. The minimum Gasteiger partial charge on any atom is -0.119 e. The van der Waals surface area contributed by atoms with Gasteiger partial charge in [-0.2, -0.15) is 0 Å². The van der Waals surface area contributed by atoms with Crippen molar-refractivity contribution in [2.75, 3.05) is 0 Å². The van der Waals surface area contributed by atoms with Gasteiger partial charge in [0.05, 0.1) is 39.2 Å². The molecule has 0 fully saturated rings. The second-order valence-corrected chi connectivity index (χ2v) is 5.13. The van der Waals surface area contributed by atoms with Crippen molar-refractivity contribution in [2.45, 2.75) is 24.2 Å². The van der Waals surface area contributed by atoms with Crippen LogP contribution in [-0.4, -0.2) is 39.2 Å². The third kappa shape index (κ3) is 1.90. The van der Waals surface area contributed by atoms with Crippen LogP contribution in [0.2, 0.25) is 10.3 Å². The van der Waals surface area contributed by atoms with E-state index in [0.717, 1.165) is 5.92 Å². The third-order valence-electron chi connectivity index (χ3n) is 3.38. The van der Waals surface area contributed by atoms with Crippen LogP contribution in [0, 0.1) is 5.92 Å². The molecule has 10 heavy (non-hydrogen) atoms. The minimum atomic E-state index is 0.418. The normalized spacial score (nSPS) is 13.9. The van der Waals surface area contributed by atoms with Crippen LogP contribution in [0.5, 0.6) is 0 Å². The molecule has 0 radical (unpaired) electrons. The van der Waals surface area contributed by atoms with Crippen LogP contribution in [0.3, 0.4) is 0 Å². The number of rotatable bonds is 2. The molecular formula is C5H17B5. The zero-order valence-corrected chi connectivity index (χ0v) is 8.58. The van der Waals surface area contributed by atoms with Gasteiger partial charge in [0.15, 0.2) is 0 Å². The highest BCUT2D eigenvalue weighted by atomic mass is 14.2. The summed E-state index contributed by atoms with van der Waals surface area (Å²) in [6.45, 7) is 4.59. The molecule has 52 valence electrons. The van der Waals surface area contributed by atoms with Crippen molar-refractivity contribution in [3.05, 3.63) is 0 Å². The molecule has 0 N–H and O–H groups in total. The van der Waals surface area contributed by atoms with Crippen LogP contribution in [0.1, 0.15) is 13.8 Å². The lowest BCUT2D eigenvalue weighted by Crippen LogP contribution is -2.36. The standard InChI is InChI=1S/C5H17B5/c1-3(2)4(6,7)5(8,9)10/h3H,6-10H2,1-2H3. The fraction of sp³-hybridized carbons (Fsp3) is 1.00. The molecule has 0 aromatic carbocycles. The Morgan fingerprint density at radius 2 is 1.20 bits per heavy atom. The predicted molar refractivity (Wildman–Crippen MR) is 62.9 cm³/mol. The van der Waals surface area contributed by atoms with Crippen LogP contribution in [0.25, 0.3) is 0 Å². The van der Waals surface area contributed by atoms with Crippen molar-refractivity contribution >= 4 is 39.2 Å². The summed E-state index contributed by atoms with van der Waals surface area (Å²) in [5, 5.41) is 0.855. The monoisotopic (exact) mass is 132 g/mol. The molecule has 0 spiro atoms. The van der Waals surface area contributed by atoms with E-state index in [0.29, 0.717) is 10.3 Å². The Bertz CT molecular complexity index is 112. The third-order valence-corrected chi connectivity index (χ3v) is 3.38. The lowest BCUT2D eigenvalue weighted by molar-refractivity contribution is 0.539. The lowest BCUT2D eigenvalue weighted by Gasteiger charge is -2.43. The van der Waals surface area contributed by atoms with E-state index in [4.69, 9.17) is 0 Å². The van der Waals surface area contributed by atoms with E-state index in [1.165, 1.54) is 0 Å². The van der Waals surface area contributed by atoms with Gasteiger partial charge in [0.2, 0.25) is 0 Å². The topological polar surface area (TPSA) is 0 Å². The van der Waals surface area contributed by atoms with Crippen LogP contribution < -0.4 is 0 Å². The van der Waals surface area contributed by atoms with E-state index in [1.807, 2.05) is 0 Å². The summed E-state index contributed by atoms with van der Waals surface area (Å²) in [6.07, 6.45) is 0. The summed E-state index contributed by atoms with van der Waals surface area (Å²) in [6, 6.07) is 0. The van der Waals surface area contributed by atoms with Gasteiger partial charge in [-0.3, -0.25) is 0 Å². The smallest absolute Gasteiger partial charge is 0.0976 e. The van der Waals surface area contributed by atoms with Gasteiger partial charge in [-0.25, -0.2) is 0 Å². The van der Waals surface area contributed by atoms with Gasteiger partial charge in [0, 0.05) is 0 Å². The van der Waals surface area contributed by atoms with Crippen LogP contribution >= 0.6 is 0 Å². The van der Waals surface area contributed by atoms with Gasteiger partial charge in [-0.15, -0.1) is 5.11 Å². The van der Waals surface area contributed by atoms with Crippen molar-refractivity contribution in [3.8, 4) is 0 Å². The molecule has 0 aliphatic rings. The molecule has 0 nitrogen and oxygen atoms in total. The van der Waals surface area contributed by atoms with E-state index in [1.54, 1.807) is 0 Å². The van der Waals surface area contributed by atoms with Crippen molar-refractivity contribution in [3.63, 3.8) is 0 Å². The van der Waals surface area contributed by atoms with E-state index in [9.17, 15) is 0 Å². The summed E-state index contributed by atoms with van der Waals surface area (Å²) in [5.41, 5.74) is 0. The first-order valence-electron chi connectivity index (χ1n) is 4.19. The Morgan fingerprint density at radius 1 is 0.900 bits per heavy atom. The number of hydrogen-bond donors (Lipinski definition) is 0. The van der Waals surface area contributed by atoms with Crippen molar-refractivity contribution in [1.82, 2.24) is 0 Å². The zero-order valence-electron chi connectivity index (χ0n) is 8.58. The van der Waals surface area contributed by atoms with E-state index >= 15 is 0 Å². The second-order valence-electron chi connectivity index (χ2n) is 5.13. The average Bonchev–Trinajstić information content (AvgIpc) is 1.62. The maximum atomic E-state index is 2.34. The Morgan fingerprint density at radius 3 is 1.20 bits per heavy atom. The molecule has 5 heteroatoms. The summed E-state index contributed by atoms with van der Waals surface area (Å²) >= 11 is 0. The van der Waals surface area contributed by atoms with Crippen molar-refractivity contribution in [1.29, 1.82) is 0 Å². The van der Waals surface area contributed by atoms with Gasteiger partial charge in [0.1, 0.15) is 0 Å². The van der Waals surface area contributed by atoms with E-state index < -0.39 is 0 Å². The molecule has 0 aromatic rings. The van der Waals surface area contributed by atoms with Crippen LogP contribution in [0.4, 0.5) is 0 Å². The largest absolute Gasteiger partial charge is 0.119 e. The first kappa shape index (κ1) is 10.3. The molecule has 0 saturated carbocycles. The molecule has 0 aliphatic heterocycles. The Labute approximate surface area is 70.0 Å². The van der Waals surface area contributed by atoms with Crippen molar-refractivity contribution < 1.29 is 0 Å². The van der Waals surface area contributed by atoms with Gasteiger partial charge in [-0.05, 0) is 0 Å². The number of hydrogen-bond acceptors (Lipinski definition) is 0. The maximum absolute atomic E-state index is 2.34. The maximum Gasteiger partial charge on any atom is 0.0976 e. The fourth-order valence-electron chi connectivity index (χ4n) is 0.866. The molecule has 0 amide bonds. The summed E-state index contributed by atoms with van der Waals surface area (Å²) in [4.78, 5) is 0. The van der Waals surface area contributed by atoms with Gasteiger partial charge in [-0.1, -0.05) is 25.0 Å². The lowest BCUT2D eigenvalue weighted by atomic mass is 9.21. The van der Waals surface area contributed by atoms with Gasteiger partial charge in [0.25, 0.3) is 0 Å². The van der Waals surface area contributed by atoms with E-state index in [2.05, 4.69) is 53.1 Å². The second kappa shape index (κ2) is 2.75. The highest BCUT2D eigenvalue weighted by Crippen LogP contribution is 2.44. The minimum absolute atomic E-state index is 0.418. The molecule has 0 unspecified atom stereocenters. The molecule has 0 aromatic heterocycles. The molecule has 0 bridgehead atoms. The quantitative estimate of drug-likeness (QED) is 0.350. The van der Waals surface area contributed by atoms with Crippen molar-refractivity contribution in [2.24, 2.45) is 5.92 Å². The SMILES string of the molecule is BC(B)(B)C(B)(B)C(C)C. The highest BCUT2D eigenvalue weighted by Gasteiger charge is 2.34. The van der Waals surface area contributed by atoms with Crippen LogP contribution in [-0.2, 0) is 0 Å². The molecular weight excluding hydrogens is 114 g/mol. The average molecular weight is 131 g/mol. The summed E-state index contributed by atoms with van der Waals surface area (Å²) in [5.74, 6) is 0.757. The summed E-state index contributed by atoms with van der Waals surface area (Å²) < 4.78 is 0. The molecule has 0 rings (SSSR count). The first-order chi connectivity index (χ1) is 4.19. The zero-order chi connectivity index (χ0) is 8.58. The molecule has 0 aliphatic carbocycles. The van der Waals surface area contributed by atoms with Gasteiger partial charge >= 0.3 is 0 Å². The van der Waals surface area contributed by atoms with Crippen LogP contribution in [0.15, 0.2) is 0 Å².